The summed E-state index contributed by atoms with van der Waals surface area (Å²) in [5.41, 5.74) is 0. The average Bonchev–Trinajstić information content (AvgIpc) is 2.87. The molecule has 0 aromatic rings. The number of ether oxygens (including phenoxy) is 1. The minimum absolute atomic E-state index is 0.164. The molecule has 1 heterocycles. The van der Waals surface area contributed by atoms with Gasteiger partial charge >= 0.3 is 0 Å². The van der Waals surface area contributed by atoms with E-state index in [-0.39, 0.29) is 12.1 Å². The Bertz CT molecular complexity index is 299. The van der Waals surface area contributed by atoms with Crippen LogP contribution in [0.2, 0.25) is 0 Å². The van der Waals surface area contributed by atoms with Gasteiger partial charge in [-0.15, -0.1) is 0 Å². The molecular weight excluding hydrogens is 184 g/mol. The van der Waals surface area contributed by atoms with Gasteiger partial charge in [-0.3, -0.25) is 4.79 Å². The Morgan fingerprint density at radius 2 is 2.43 bits per heavy atom. The number of nitrogens with zero attached hydrogens (tertiary/aromatic N) is 2. The fourth-order valence-corrected chi connectivity index (χ4v) is 2.12. The first-order chi connectivity index (χ1) is 6.69. The molecule has 0 aromatic carbocycles. The van der Waals surface area contributed by atoms with E-state index in [2.05, 4.69) is 10.8 Å². The summed E-state index contributed by atoms with van der Waals surface area (Å²) in [4.78, 5) is 13.1. The molecule has 2 rings (SSSR count). The van der Waals surface area contributed by atoms with E-state index in [0.29, 0.717) is 5.92 Å². The second-order valence-electron chi connectivity index (χ2n) is 3.78. The maximum absolute atomic E-state index is 11.6. The Morgan fingerprint density at radius 3 is 3.00 bits per heavy atom. The molecule has 14 heavy (non-hydrogen) atoms. The van der Waals surface area contributed by atoms with Crippen LogP contribution in [0.5, 0.6) is 0 Å². The summed E-state index contributed by atoms with van der Waals surface area (Å²) in [6, 6.07) is 1.86. The number of rotatable bonds is 2. The van der Waals surface area contributed by atoms with Crippen LogP contribution >= 0.6 is 0 Å². The minimum atomic E-state index is -1.43. The summed E-state index contributed by atoms with van der Waals surface area (Å²) < 4.78 is 4.54. The van der Waals surface area contributed by atoms with Crippen molar-refractivity contribution in [2.45, 2.75) is 31.2 Å². The van der Waals surface area contributed by atoms with Gasteiger partial charge in [-0.05, 0) is 18.8 Å². The number of methoxy groups -OCH3 is 1. The molecule has 4 atom stereocenters. The third-order valence-electron chi connectivity index (χ3n) is 2.94. The van der Waals surface area contributed by atoms with Crippen molar-refractivity contribution < 1.29 is 14.6 Å². The first-order valence-electron chi connectivity index (χ1n) is 4.61. The molecule has 0 bridgehead atoms. The van der Waals surface area contributed by atoms with E-state index in [1.54, 1.807) is 0 Å². The molecule has 76 valence electrons. The minimum Gasteiger partial charge on any atom is -0.361 e. The molecule has 1 saturated heterocycles. The molecule has 1 saturated carbocycles. The van der Waals surface area contributed by atoms with Gasteiger partial charge in [-0.25, -0.2) is 0 Å². The third kappa shape index (κ3) is 1.27. The molecule has 5 nitrogen and oxygen atoms in total. The third-order valence-corrected chi connectivity index (χ3v) is 2.94. The van der Waals surface area contributed by atoms with Gasteiger partial charge in [0.2, 0.25) is 6.29 Å². The number of aliphatic hydroxyl groups excluding tert-OH is 1. The number of hydrogen-bond donors (Lipinski definition) is 1. The summed E-state index contributed by atoms with van der Waals surface area (Å²) in [5, 5.41) is 18.0. The number of fused-ring (bicyclic) bond motifs is 1. The predicted octanol–water partition coefficient (Wildman–Crippen LogP) is -0.536. The molecule has 2 aliphatic rings. The second kappa shape index (κ2) is 3.23. The summed E-state index contributed by atoms with van der Waals surface area (Å²) in [5.74, 6) is -0.0169. The van der Waals surface area contributed by atoms with Crippen LogP contribution in [0.25, 0.3) is 0 Å². The van der Waals surface area contributed by atoms with Crippen LogP contribution in [-0.2, 0) is 9.53 Å². The highest BCUT2D eigenvalue weighted by Crippen LogP contribution is 2.47. The zero-order chi connectivity index (χ0) is 10.3. The highest BCUT2D eigenvalue weighted by Gasteiger charge is 2.55. The van der Waals surface area contributed by atoms with Gasteiger partial charge in [-0.1, -0.05) is 0 Å². The number of likely N-dealkylation sites (tertiary alicyclic amines) is 1. The molecule has 1 aliphatic heterocycles. The van der Waals surface area contributed by atoms with Crippen LogP contribution in [0.3, 0.4) is 0 Å². The molecule has 0 aromatic heterocycles. The summed E-state index contributed by atoms with van der Waals surface area (Å²) >= 11 is 0. The molecule has 1 amide bonds. The van der Waals surface area contributed by atoms with E-state index in [1.165, 1.54) is 12.0 Å². The van der Waals surface area contributed by atoms with Crippen LogP contribution in [-0.4, -0.2) is 41.4 Å². The lowest BCUT2D eigenvalue weighted by Crippen LogP contribution is -2.44. The molecule has 1 aliphatic carbocycles. The SMILES string of the molecule is COC(O)C(=O)N1[C@H](C#N)C[C@@H]2C[C@@H]21. The molecule has 2 fully saturated rings. The Balaban J connectivity index is 2.09. The summed E-state index contributed by atoms with van der Waals surface area (Å²) in [7, 11) is 1.27. The monoisotopic (exact) mass is 196 g/mol. The highest BCUT2D eigenvalue weighted by molar-refractivity contribution is 5.81. The Kier molecular flexibility index (Phi) is 2.17. The Labute approximate surface area is 81.9 Å². The van der Waals surface area contributed by atoms with E-state index in [1.807, 2.05) is 0 Å². The van der Waals surface area contributed by atoms with Crippen molar-refractivity contribution >= 4 is 5.91 Å². The van der Waals surface area contributed by atoms with Crippen LogP contribution in [0.4, 0.5) is 0 Å². The van der Waals surface area contributed by atoms with Crippen LogP contribution in [0.15, 0.2) is 0 Å². The zero-order valence-corrected chi connectivity index (χ0v) is 7.88. The average molecular weight is 196 g/mol. The van der Waals surface area contributed by atoms with Gasteiger partial charge in [-0.2, -0.15) is 5.26 Å². The maximum atomic E-state index is 11.6. The standard InChI is InChI=1S/C9H12N2O3/c1-14-9(13)8(12)11-6(4-10)2-5-3-7(5)11/h5-7,9,13H,2-3H2,1H3/t5-,6+,7+,9?/m1/s1. The van der Waals surface area contributed by atoms with Crippen molar-refractivity contribution in [2.75, 3.05) is 7.11 Å². The van der Waals surface area contributed by atoms with Crippen molar-refractivity contribution in [2.24, 2.45) is 5.92 Å². The largest absolute Gasteiger partial charge is 0.361 e. The van der Waals surface area contributed by atoms with Crippen LogP contribution in [0.1, 0.15) is 12.8 Å². The van der Waals surface area contributed by atoms with Crippen molar-refractivity contribution in [3.63, 3.8) is 0 Å². The van der Waals surface area contributed by atoms with Gasteiger partial charge in [0.25, 0.3) is 5.91 Å². The van der Waals surface area contributed by atoms with Crippen molar-refractivity contribution in [3.8, 4) is 6.07 Å². The molecule has 1 unspecified atom stereocenters. The number of amides is 1. The number of carbonyl (C=O) groups excluding carboxylic acids is 1. The molecule has 5 heteroatoms. The Hall–Kier alpha value is -1.12. The van der Waals surface area contributed by atoms with Crippen LogP contribution < -0.4 is 0 Å². The van der Waals surface area contributed by atoms with Gasteiger partial charge in [0.05, 0.1) is 6.07 Å². The lowest BCUT2D eigenvalue weighted by atomic mass is 10.2. The van der Waals surface area contributed by atoms with E-state index in [4.69, 9.17) is 5.26 Å². The number of carbonyl (C=O) groups is 1. The highest BCUT2D eigenvalue weighted by atomic mass is 16.6. The fraction of sp³-hybridized carbons (Fsp3) is 0.778. The number of aliphatic hydroxyl groups is 1. The predicted molar refractivity (Wildman–Crippen MR) is 45.8 cm³/mol. The maximum Gasteiger partial charge on any atom is 0.280 e. The van der Waals surface area contributed by atoms with Crippen molar-refractivity contribution in [1.82, 2.24) is 4.90 Å². The van der Waals surface area contributed by atoms with E-state index >= 15 is 0 Å². The molecule has 1 N–H and O–H groups in total. The first kappa shape index (κ1) is 9.44. The normalized spacial score (nSPS) is 36.1. The quantitative estimate of drug-likeness (QED) is 0.602. The lowest BCUT2D eigenvalue weighted by molar-refractivity contribution is -0.165. The molecule has 0 radical (unpaired) electrons. The van der Waals surface area contributed by atoms with Gasteiger partial charge in [0.15, 0.2) is 0 Å². The number of hydrogen-bond acceptors (Lipinski definition) is 4. The second-order valence-corrected chi connectivity index (χ2v) is 3.78. The summed E-state index contributed by atoms with van der Waals surface area (Å²) in [6.07, 6.45) is 0.272. The van der Waals surface area contributed by atoms with Gasteiger partial charge in [0, 0.05) is 13.2 Å². The van der Waals surface area contributed by atoms with Crippen LogP contribution in [0, 0.1) is 17.2 Å². The number of piperidine rings is 1. The smallest absolute Gasteiger partial charge is 0.280 e. The van der Waals surface area contributed by atoms with E-state index < -0.39 is 12.2 Å². The zero-order valence-electron chi connectivity index (χ0n) is 7.88. The molecule has 0 spiro atoms. The van der Waals surface area contributed by atoms with Gasteiger partial charge < -0.3 is 14.7 Å². The topological polar surface area (TPSA) is 73.6 Å². The molecular formula is C9H12N2O3. The first-order valence-corrected chi connectivity index (χ1v) is 4.61. The van der Waals surface area contributed by atoms with E-state index in [0.717, 1.165) is 12.8 Å². The number of nitriles is 1. The lowest BCUT2D eigenvalue weighted by Gasteiger charge is -2.24. The fourth-order valence-electron chi connectivity index (χ4n) is 2.12. The van der Waals surface area contributed by atoms with E-state index in [9.17, 15) is 9.90 Å². The van der Waals surface area contributed by atoms with Gasteiger partial charge in [0.1, 0.15) is 6.04 Å². The summed E-state index contributed by atoms with van der Waals surface area (Å²) in [6.45, 7) is 0. The van der Waals surface area contributed by atoms with Crippen molar-refractivity contribution in [3.05, 3.63) is 0 Å². The van der Waals surface area contributed by atoms with Crippen molar-refractivity contribution in [1.29, 1.82) is 5.26 Å². The Morgan fingerprint density at radius 1 is 1.71 bits per heavy atom.